The van der Waals surface area contributed by atoms with Gasteiger partial charge in [-0.2, -0.15) is 0 Å². The van der Waals surface area contributed by atoms with E-state index < -0.39 is 12.0 Å². The first-order valence-electron chi connectivity index (χ1n) is 8.61. The SMILES string of the molecule is CCCCCOC(=O)CC1C(=O)NCCN1C(=S)NC(=O)c1cccs1. The number of thiocarbonyl (C=S) groups is 1. The van der Waals surface area contributed by atoms with Gasteiger partial charge in [-0.3, -0.25) is 19.7 Å². The van der Waals surface area contributed by atoms with Gasteiger partial charge in [0.15, 0.2) is 5.11 Å². The number of ether oxygens (including phenoxy) is 1. The van der Waals surface area contributed by atoms with Crippen molar-refractivity contribution in [2.45, 2.75) is 38.6 Å². The summed E-state index contributed by atoms with van der Waals surface area (Å²) in [4.78, 5) is 38.5. The molecule has 0 radical (unpaired) electrons. The lowest BCUT2D eigenvalue weighted by atomic mass is 10.1. The summed E-state index contributed by atoms with van der Waals surface area (Å²) in [5.41, 5.74) is 0. The van der Waals surface area contributed by atoms with Crippen LogP contribution in [0.15, 0.2) is 17.5 Å². The van der Waals surface area contributed by atoms with Crippen LogP contribution in [-0.2, 0) is 14.3 Å². The van der Waals surface area contributed by atoms with Crippen molar-refractivity contribution < 1.29 is 19.1 Å². The monoisotopic (exact) mass is 397 g/mol. The molecule has 1 atom stereocenters. The van der Waals surface area contributed by atoms with Crippen LogP contribution in [0.1, 0.15) is 42.3 Å². The Morgan fingerprint density at radius 3 is 2.96 bits per heavy atom. The normalized spacial score (nSPS) is 16.7. The number of hydrogen-bond donors (Lipinski definition) is 2. The highest BCUT2D eigenvalue weighted by atomic mass is 32.1. The van der Waals surface area contributed by atoms with E-state index in [0.29, 0.717) is 24.6 Å². The van der Waals surface area contributed by atoms with Crippen molar-refractivity contribution in [2.24, 2.45) is 0 Å². The molecule has 7 nitrogen and oxygen atoms in total. The summed E-state index contributed by atoms with van der Waals surface area (Å²) < 4.78 is 5.19. The smallest absolute Gasteiger partial charge is 0.308 e. The highest BCUT2D eigenvalue weighted by Gasteiger charge is 2.34. The summed E-state index contributed by atoms with van der Waals surface area (Å²) in [6.45, 7) is 3.23. The van der Waals surface area contributed by atoms with Crippen LogP contribution in [-0.4, -0.2) is 53.5 Å². The summed E-state index contributed by atoms with van der Waals surface area (Å²) in [5.74, 6) is -1.06. The minimum Gasteiger partial charge on any atom is -0.466 e. The van der Waals surface area contributed by atoms with Crippen LogP contribution in [0.4, 0.5) is 0 Å². The lowest BCUT2D eigenvalue weighted by Gasteiger charge is -2.36. The first kappa shape index (κ1) is 20.3. The standard InChI is InChI=1S/C17H23N3O4S2/c1-2-3-4-9-24-14(21)11-12-15(22)18-7-8-20(12)17(25)19-16(23)13-6-5-10-26-13/h5-6,10,12H,2-4,7-9,11H2,1H3,(H,18,22)(H,19,23,25). The fraction of sp³-hybridized carbons (Fsp3) is 0.529. The van der Waals surface area contributed by atoms with Crippen molar-refractivity contribution in [3.05, 3.63) is 22.4 Å². The predicted molar refractivity (Wildman–Crippen MR) is 103 cm³/mol. The third-order valence-electron chi connectivity index (χ3n) is 3.93. The highest BCUT2D eigenvalue weighted by Crippen LogP contribution is 2.13. The predicted octanol–water partition coefficient (Wildman–Crippen LogP) is 1.69. The molecule has 1 aromatic rings. The van der Waals surface area contributed by atoms with Gasteiger partial charge in [-0.25, -0.2) is 0 Å². The Morgan fingerprint density at radius 1 is 1.46 bits per heavy atom. The van der Waals surface area contributed by atoms with Gasteiger partial charge in [0.1, 0.15) is 6.04 Å². The lowest BCUT2D eigenvalue weighted by Crippen LogP contribution is -2.60. The van der Waals surface area contributed by atoms with Gasteiger partial charge in [0, 0.05) is 13.1 Å². The second-order valence-electron chi connectivity index (χ2n) is 5.87. The van der Waals surface area contributed by atoms with Gasteiger partial charge in [-0.15, -0.1) is 11.3 Å². The lowest BCUT2D eigenvalue weighted by molar-refractivity contribution is -0.147. The Hall–Kier alpha value is -2.00. The Morgan fingerprint density at radius 2 is 2.27 bits per heavy atom. The van der Waals surface area contributed by atoms with Crippen molar-refractivity contribution in [1.82, 2.24) is 15.5 Å². The fourth-order valence-corrected chi connectivity index (χ4v) is 3.48. The van der Waals surface area contributed by atoms with Crippen molar-refractivity contribution in [3.63, 3.8) is 0 Å². The second kappa shape index (κ2) is 10.2. The Bertz CT molecular complexity index is 648. The molecule has 9 heteroatoms. The van der Waals surface area contributed by atoms with E-state index in [1.54, 1.807) is 22.4 Å². The number of thiophene rings is 1. The van der Waals surface area contributed by atoms with Crippen LogP contribution >= 0.6 is 23.6 Å². The fourth-order valence-electron chi connectivity index (χ4n) is 2.55. The molecule has 0 saturated carbocycles. The zero-order chi connectivity index (χ0) is 18.9. The number of carbonyl (C=O) groups is 3. The summed E-state index contributed by atoms with van der Waals surface area (Å²) in [7, 11) is 0. The van der Waals surface area contributed by atoms with E-state index in [0.717, 1.165) is 19.3 Å². The van der Waals surface area contributed by atoms with E-state index in [2.05, 4.69) is 17.6 Å². The van der Waals surface area contributed by atoms with E-state index in [1.807, 2.05) is 0 Å². The molecule has 0 bridgehead atoms. The zero-order valence-corrected chi connectivity index (χ0v) is 16.3. The molecule has 0 spiro atoms. The van der Waals surface area contributed by atoms with Crippen LogP contribution in [0.2, 0.25) is 0 Å². The van der Waals surface area contributed by atoms with Crippen molar-refractivity contribution in [2.75, 3.05) is 19.7 Å². The molecule has 2 rings (SSSR count). The average Bonchev–Trinajstić information content (AvgIpc) is 3.15. The largest absolute Gasteiger partial charge is 0.466 e. The number of amides is 2. The molecule has 1 unspecified atom stereocenters. The molecule has 0 aliphatic carbocycles. The quantitative estimate of drug-likeness (QED) is 0.414. The number of rotatable bonds is 7. The Balaban J connectivity index is 1.93. The number of unbranched alkanes of at least 4 members (excludes halogenated alkanes) is 2. The molecular formula is C17H23N3O4S2. The first-order chi connectivity index (χ1) is 12.5. The van der Waals surface area contributed by atoms with Gasteiger partial charge < -0.3 is 15.0 Å². The number of nitrogens with one attached hydrogen (secondary N) is 2. The van der Waals surface area contributed by atoms with Gasteiger partial charge >= 0.3 is 5.97 Å². The Kier molecular flexibility index (Phi) is 7.99. The molecule has 1 fully saturated rings. The van der Waals surface area contributed by atoms with Gasteiger partial charge in [-0.1, -0.05) is 25.8 Å². The number of esters is 1. The molecule has 1 aliphatic heterocycles. The minimum atomic E-state index is -0.779. The van der Waals surface area contributed by atoms with E-state index in [9.17, 15) is 14.4 Å². The van der Waals surface area contributed by atoms with Crippen molar-refractivity contribution in [3.8, 4) is 0 Å². The topological polar surface area (TPSA) is 87.7 Å². The highest BCUT2D eigenvalue weighted by molar-refractivity contribution is 7.80. The summed E-state index contributed by atoms with van der Waals surface area (Å²) >= 11 is 6.60. The second-order valence-corrected chi connectivity index (χ2v) is 7.20. The molecule has 2 N–H and O–H groups in total. The number of piperazine rings is 1. The molecule has 0 aromatic carbocycles. The third kappa shape index (κ3) is 5.77. The van der Waals surface area contributed by atoms with Crippen LogP contribution < -0.4 is 10.6 Å². The van der Waals surface area contributed by atoms with Crippen LogP contribution in [0.3, 0.4) is 0 Å². The minimum absolute atomic E-state index is 0.104. The summed E-state index contributed by atoms with van der Waals surface area (Å²) in [6.07, 6.45) is 2.72. The average molecular weight is 398 g/mol. The molecule has 1 aliphatic rings. The van der Waals surface area contributed by atoms with Crippen molar-refractivity contribution >= 4 is 46.5 Å². The molecule has 1 saturated heterocycles. The maximum atomic E-state index is 12.2. The van der Waals surface area contributed by atoms with Gasteiger partial charge in [0.25, 0.3) is 5.91 Å². The molecule has 26 heavy (non-hydrogen) atoms. The molecular weight excluding hydrogens is 374 g/mol. The summed E-state index contributed by atoms with van der Waals surface area (Å²) in [5, 5.41) is 7.29. The number of hydrogen-bond acceptors (Lipinski definition) is 6. The molecule has 2 amide bonds. The maximum absolute atomic E-state index is 12.2. The van der Waals surface area contributed by atoms with Crippen LogP contribution in [0.25, 0.3) is 0 Å². The van der Waals surface area contributed by atoms with Crippen LogP contribution in [0.5, 0.6) is 0 Å². The molecule has 1 aromatic heterocycles. The van der Waals surface area contributed by atoms with Gasteiger partial charge in [-0.05, 0) is 30.1 Å². The maximum Gasteiger partial charge on any atom is 0.308 e. The summed E-state index contributed by atoms with van der Waals surface area (Å²) in [6, 6.07) is 2.68. The van der Waals surface area contributed by atoms with E-state index in [1.165, 1.54) is 11.3 Å². The third-order valence-corrected chi connectivity index (χ3v) is 5.13. The van der Waals surface area contributed by atoms with Gasteiger partial charge in [0.2, 0.25) is 5.91 Å². The van der Waals surface area contributed by atoms with Gasteiger partial charge in [0.05, 0.1) is 17.9 Å². The zero-order valence-electron chi connectivity index (χ0n) is 14.7. The number of carbonyl (C=O) groups excluding carboxylic acids is 3. The van der Waals surface area contributed by atoms with E-state index in [-0.39, 0.29) is 23.3 Å². The molecule has 2 heterocycles. The van der Waals surface area contributed by atoms with Crippen molar-refractivity contribution in [1.29, 1.82) is 0 Å². The Labute approximate surface area is 162 Å². The van der Waals surface area contributed by atoms with E-state index in [4.69, 9.17) is 17.0 Å². The molecule has 142 valence electrons. The van der Waals surface area contributed by atoms with E-state index >= 15 is 0 Å². The first-order valence-corrected chi connectivity index (χ1v) is 9.90. The van der Waals surface area contributed by atoms with Crippen LogP contribution in [0, 0.1) is 0 Å². The number of nitrogens with zero attached hydrogens (tertiary/aromatic N) is 1.